The van der Waals surface area contributed by atoms with Crippen LogP contribution in [0.5, 0.6) is 0 Å². The molecule has 0 saturated heterocycles. The van der Waals surface area contributed by atoms with Gasteiger partial charge in [0.05, 0.1) is 8.07 Å². The highest BCUT2D eigenvalue weighted by Gasteiger charge is 2.24. The third-order valence-corrected chi connectivity index (χ3v) is 4.54. The molecule has 2 aromatic rings. The molecule has 0 radical (unpaired) electrons. The van der Waals surface area contributed by atoms with Gasteiger partial charge >= 0.3 is 5.97 Å². The Morgan fingerprint density at radius 2 is 1.48 bits per heavy atom. The summed E-state index contributed by atoms with van der Waals surface area (Å²) in [5, 5.41) is 0. The first kappa shape index (κ1) is 17.2. The second-order valence-corrected chi connectivity index (χ2v) is 11.8. The van der Waals surface area contributed by atoms with E-state index in [0.717, 1.165) is 16.7 Å². The lowest BCUT2D eigenvalue weighted by atomic mass is 9.96. The van der Waals surface area contributed by atoms with Crippen molar-refractivity contribution in [2.24, 2.45) is 0 Å². The van der Waals surface area contributed by atoms with Crippen LogP contribution in [0.1, 0.15) is 24.2 Å². The Morgan fingerprint density at radius 1 is 0.957 bits per heavy atom. The SMILES string of the molecule is CC(=O)OC(/C(=C/[Si](C)(C)C)c1ccccc1)c1ccccc1. The molecular formula is C20H24O2Si. The van der Waals surface area contributed by atoms with Crippen LogP contribution in [0.3, 0.4) is 0 Å². The Morgan fingerprint density at radius 3 is 1.96 bits per heavy atom. The molecule has 23 heavy (non-hydrogen) atoms. The van der Waals surface area contributed by atoms with Gasteiger partial charge in [-0.05, 0) is 16.7 Å². The van der Waals surface area contributed by atoms with E-state index in [0.29, 0.717) is 0 Å². The van der Waals surface area contributed by atoms with Gasteiger partial charge in [0.2, 0.25) is 0 Å². The minimum absolute atomic E-state index is 0.267. The summed E-state index contributed by atoms with van der Waals surface area (Å²) in [7, 11) is -1.50. The van der Waals surface area contributed by atoms with Crippen molar-refractivity contribution in [3.63, 3.8) is 0 Å². The predicted octanol–water partition coefficient (Wildman–Crippen LogP) is 5.25. The standard InChI is InChI=1S/C20H24O2Si/c1-16(21)22-20(18-13-9-6-10-14-18)19(15-23(2,3)4)17-11-7-5-8-12-17/h5-15,20H,1-4H3/b19-15+. The van der Waals surface area contributed by atoms with Crippen LogP contribution < -0.4 is 0 Å². The summed E-state index contributed by atoms with van der Waals surface area (Å²) in [6, 6.07) is 20.1. The Hall–Kier alpha value is -2.13. The van der Waals surface area contributed by atoms with E-state index in [2.05, 4.69) is 37.5 Å². The molecule has 0 amide bonds. The number of benzene rings is 2. The van der Waals surface area contributed by atoms with Crippen molar-refractivity contribution >= 4 is 19.6 Å². The van der Waals surface area contributed by atoms with Crippen LogP contribution in [-0.4, -0.2) is 14.0 Å². The minimum Gasteiger partial charge on any atom is -0.453 e. The molecule has 1 atom stereocenters. The summed E-state index contributed by atoms with van der Waals surface area (Å²) >= 11 is 0. The van der Waals surface area contributed by atoms with E-state index >= 15 is 0 Å². The molecule has 2 rings (SSSR count). The van der Waals surface area contributed by atoms with Crippen LogP contribution in [0.2, 0.25) is 19.6 Å². The highest BCUT2D eigenvalue weighted by molar-refractivity contribution is 6.81. The van der Waals surface area contributed by atoms with Gasteiger partial charge in [0.25, 0.3) is 0 Å². The molecule has 0 aliphatic carbocycles. The van der Waals surface area contributed by atoms with E-state index in [1.807, 2.05) is 48.5 Å². The summed E-state index contributed by atoms with van der Waals surface area (Å²) < 4.78 is 5.71. The number of carbonyl (C=O) groups is 1. The highest BCUT2D eigenvalue weighted by atomic mass is 28.3. The Balaban J connectivity index is 2.57. The first-order valence-electron chi connectivity index (χ1n) is 7.87. The van der Waals surface area contributed by atoms with Gasteiger partial charge in [0.1, 0.15) is 0 Å². The highest BCUT2D eigenvalue weighted by Crippen LogP contribution is 2.34. The molecule has 0 bridgehead atoms. The van der Waals surface area contributed by atoms with E-state index in [-0.39, 0.29) is 12.1 Å². The van der Waals surface area contributed by atoms with Gasteiger partial charge in [-0.3, -0.25) is 4.79 Å². The normalized spacial score (nSPS) is 13.5. The molecule has 1 unspecified atom stereocenters. The van der Waals surface area contributed by atoms with Crippen molar-refractivity contribution < 1.29 is 9.53 Å². The molecule has 0 aromatic heterocycles. The number of ether oxygens (including phenoxy) is 1. The van der Waals surface area contributed by atoms with Gasteiger partial charge < -0.3 is 4.74 Å². The van der Waals surface area contributed by atoms with E-state index in [9.17, 15) is 4.79 Å². The van der Waals surface area contributed by atoms with E-state index in [1.54, 1.807) is 0 Å². The average molecular weight is 324 g/mol. The third kappa shape index (κ3) is 5.22. The number of rotatable bonds is 5. The van der Waals surface area contributed by atoms with E-state index in [4.69, 9.17) is 4.74 Å². The van der Waals surface area contributed by atoms with Crippen molar-refractivity contribution in [3.05, 3.63) is 77.5 Å². The lowest BCUT2D eigenvalue weighted by Gasteiger charge is -2.24. The van der Waals surface area contributed by atoms with Gasteiger partial charge in [0, 0.05) is 6.92 Å². The topological polar surface area (TPSA) is 26.3 Å². The molecule has 0 aliphatic rings. The maximum absolute atomic E-state index is 11.7. The predicted molar refractivity (Wildman–Crippen MR) is 98.7 cm³/mol. The molecule has 0 heterocycles. The van der Waals surface area contributed by atoms with E-state index in [1.165, 1.54) is 6.92 Å². The smallest absolute Gasteiger partial charge is 0.303 e. The van der Waals surface area contributed by atoms with Crippen molar-refractivity contribution in [3.8, 4) is 0 Å². The van der Waals surface area contributed by atoms with E-state index < -0.39 is 8.07 Å². The first-order chi connectivity index (χ1) is 10.9. The Labute approximate surface area is 139 Å². The third-order valence-electron chi connectivity index (χ3n) is 3.36. The maximum Gasteiger partial charge on any atom is 0.303 e. The Bertz CT molecular complexity index is 670. The fourth-order valence-electron chi connectivity index (χ4n) is 2.51. The molecule has 2 nitrogen and oxygen atoms in total. The van der Waals surface area contributed by atoms with Gasteiger partial charge in [-0.1, -0.05) is 86.0 Å². The largest absolute Gasteiger partial charge is 0.453 e. The summed E-state index contributed by atoms with van der Waals surface area (Å²) in [5.41, 5.74) is 5.50. The second kappa shape index (κ2) is 7.42. The van der Waals surface area contributed by atoms with Crippen molar-refractivity contribution in [2.45, 2.75) is 32.7 Å². The molecule has 120 valence electrons. The van der Waals surface area contributed by atoms with Gasteiger partial charge in [-0.15, -0.1) is 0 Å². The van der Waals surface area contributed by atoms with Crippen LogP contribution in [-0.2, 0) is 9.53 Å². The lowest BCUT2D eigenvalue weighted by Crippen LogP contribution is -2.20. The summed E-state index contributed by atoms with van der Waals surface area (Å²) in [5.74, 6) is -0.267. The summed E-state index contributed by atoms with van der Waals surface area (Å²) in [4.78, 5) is 11.7. The fraction of sp³-hybridized carbons (Fsp3) is 0.250. The van der Waals surface area contributed by atoms with Crippen LogP contribution in [0, 0.1) is 0 Å². The molecule has 0 fully saturated rings. The average Bonchev–Trinajstić information content (AvgIpc) is 2.51. The van der Waals surface area contributed by atoms with Crippen molar-refractivity contribution in [2.75, 3.05) is 0 Å². The molecule has 0 spiro atoms. The minimum atomic E-state index is -1.50. The van der Waals surface area contributed by atoms with Crippen molar-refractivity contribution in [1.29, 1.82) is 0 Å². The second-order valence-electron chi connectivity index (χ2n) is 6.73. The number of hydrogen-bond donors (Lipinski definition) is 0. The molecule has 0 N–H and O–H groups in total. The van der Waals surface area contributed by atoms with Crippen LogP contribution in [0.4, 0.5) is 0 Å². The first-order valence-corrected chi connectivity index (χ1v) is 11.4. The van der Waals surface area contributed by atoms with Gasteiger partial charge in [0.15, 0.2) is 6.10 Å². The maximum atomic E-state index is 11.7. The van der Waals surface area contributed by atoms with Gasteiger partial charge in [-0.2, -0.15) is 0 Å². The number of hydrogen-bond acceptors (Lipinski definition) is 2. The zero-order chi connectivity index (χ0) is 16.9. The lowest BCUT2D eigenvalue weighted by molar-refractivity contribution is -0.144. The quantitative estimate of drug-likeness (QED) is 0.554. The zero-order valence-electron chi connectivity index (χ0n) is 14.2. The monoisotopic (exact) mass is 324 g/mol. The molecular weight excluding hydrogens is 300 g/mol. The molecule has 3 heteroatoms. The molecule has 0 aliphatic heterocycles. The van der Waals surface area contributed by atoms with Gasteiger partial charge in [-0.25, -0.2) is 0 Å². The van der Waals surface area contributed by atoms with Crippen LogP contribution >= 0.6 is 0 Å². The zero-order valence-corrected chi connectivity index (χ0v) is 15.2. The molecule has 2 aromatic carbocycles. The van der Waals surface area contributed by atoms with Crippen molar-refractivity contribution in [1.82, 2.24) is 0 Å². The summed E-state index contributed by atoms with van der Waals surface area (Å²) in [6.45, 7) is 8.32. The number of esters is 1. The van der Waals surface area contributed by atoms with Crippen LogP contribution in [0.25, 0.3) is 5.57 Å². The number of carbonyl (C=O) groups excluding carboxylic acids is 1. The van der Waals surface area contributed by atoms with Crippen LogP contribution in [0.15, 0.2) is 66.4 Å². The Kier molecular flexibility index (Phi) is 5.56. The fourth-order valence-corrected chi connectivity index (χ4v) is 3.76. The molecule has 0 saturated carbocycles. The summed E-state index contributed by atoms with van der Waals surface area (Å²) in [6.07, 6.45) is -0.372.